The molecule has 3 heterocycles. The van der Waals surface area contributed by atoms with Gasteiger partial charge in [-0.1, -0.05) is 0 Å². The van der Waals surface area contributed by atoms with E-state index in [1.54, 1.807) is 11.3 Å². The van der Waals surface area contributed by atoms with Crippen molar-refractivity contribution in [1.82, 2.24) is 9.97 Å². The third kappa shape index (κ3) is 1.64. The molecule has 0 spiro atoms. The second kappa shape index (κ2) is 3.95. The molecule has 0 unspecified atom stereocenters. The molecule has 0 amide bonds. The standard InChI is InChI=1S/C10H10FN3OS/c11-7-3-15-4-8(7)14-9-6-1-2-16-10(6)13-5-12-9/h1-2,5,7-8H,3-4H2,(H,12,13,14)/t7-,8-/m1/s1. The van der Waals surface area contributed by atoms with Gasteiger partial charge in [-0.25, -0.2) is 14.4 Å². The van der Waals surface area contributed by atoms with E-state index in [1.807, 2.05) is 11.4 Å². The van der Waals surface area contributed by atoms with Gasteiger partial charge in [0.15, 0.2) is 0 Å². The van der Waals surface area contributed by atoms with Crippen LogP contribution in [0.25, 0.3) is 10.2 Å². The Balaban J connectivity index is 1.91. The average Bonchev–Trinajstić information content (AvgIpc) is 2.89. The summed E-state index contributed by atoms with van der Waals surface area (Å²) in [4.78, 5) is 9.19. The number of aromatic nitrogens is 2. The first-order chi connectivity index (χ1) is 7.84. The van der Waals surface area contributed by atoms with Crippen LogP contribution in [0, 0.1) is 0 Å². The zero-order chi connectivity index (χ0) is 11.0. The van der Waals surface area contributed by atoms with E-state index in [1.165, 1.54) is 6.33 Å². The molecular weight excluding hydrogens is 229 g/mol. The van der Waals surface area contributed by atoms with Gasteiger partial charge in [0.2, 0.25) is 0 Å². The second-order valence-electron chi connectivity index (χ2n) is 3.67. The van der Waals surface area contributed by atoms with Crippen LogP contribution in [0.1, 0.15) is 0 Å². The van der Waals surface area contributed by atoms with Gasteiger partial charge in [0.25, 0.3) is 0 Å². The van der Waals surface area contributed by atoms with E-state index in [9.17, 15) is 4.39 Å². The fourth-order valence-electron chi connectivity index (χ4n) is 1.74. The predicted molar refractivity (Wildman–Crippen MR) is 60.5 cm³/mol. The van der Waals surface area contributed by atoms with Gasteiger partial charge in [0.05, 0.1) is 24.6 Å². The third-order valence-corrected chi connectivity index (χ3v) is 3.42. The number of halogens is 1. The van der Waals surface area contributed by atoms with E-state index in [-0.39, 0.29) is 12.6 Å². The highest BCUT2D eigenvalue weighted by Crippen LogP contribution is 2.25. The Bertz CT molecular complexity index is 504. The number of thiophene rings is 1. The second-order valence-corrected chi connectivity index (χ2v) is 4.56. The van der Waals surface area contributed by atoms with Crippen molar-refractivity contribution in [3.05, 3.63) is 17.8 Å². The molecule has 84 valence electrons. The van der Waals surface area contributed by atoms with Crippen molar-refractivity contribution in [3.8, 4) is 0 Å². The first-order valence-electron chi connectivity index (χ1n) is 5.01. The van der Waals surface area contributed by atoms with E-state index < -0.39 is 6.17 Å². The number of nitrogens with zero attached hydrogens (tertiary/aromatic N) is 2. The van der Waals surface area contributed by atoms with Crippen LogP contribution in [0.4, 0.5) is 10.2 Å². The molecule has 0 aromatic carbocycles. The zero-order valence-electron chi connectivity index (χ0n) is 8.39. The first kappa shape index (κ1) is 9.92. The van der Waals surface area contributed by atoms with Crippen LogP contribution in [-0.4, -0.2) is 35.4 Å². The molecule has 0 saturated carbocycles. The van der Waals surface area contributed by atoms with Gasteiger partial charge >= 0.3 is 0 Å². The lowest BCUT2D eigenvalue weighted by Crippen LogP contribution is -2.29. The largest absolute Gasteiger partial charge is 0.376 e. The van der Waals surface area contributed by atoms with Crippen molar-refractivity contribution in [3.63, 3.8) is 0 Å². The minimum atomic E-state index is -0.969. The minimum absolute atomic E-state index is 0.162. The molecule has 0 bridgehead atoms. The Morgan fingerprint density at radius 1 is 1.44 bits per heavy atom. The van der Waals surface area contributed by atoms with Crippen LogP contribution < -0.4 is 5.32 Å². The fourth-order valence-corrected chi connectivity index (χ4v) is 2.47. The van der Waals surface area contributed by atoms with Crippen molar-refractivity contribution >= 4 is 27.4 Å². The summed E-state index contributed by atoms with van der Waals surface area (Å²) in [5.74, 6) is 0.685. The van der Waals surface area contributed by atoms with Crippen molar-refractivity contribution in [2.45, 2.75) is 12.2 Å². The molecule has 0 radical (unpaired) electrons. The molecule has 3 rings (SSSR count). The van der Waals surface area contributed by atoms with E-state index >= 15 is 0 Å². The predicted octanol–water partition coefficient (Wildman–Crippen LogP) is 1.84. The van der Waals surface area contributed by atoms with Crippen molar-refractivity contribution in [1.29, 1.82) is 0 Å². The highest BCUT2D eigenvalue weighted by molar-refractivity contribution is 7.16. The van der Waals surface area contributed by atoms with Crippen molar-refractivity contribution in [2.24, 2.45) is 0 Å². The summed E-state index contributed by atoms with van der Waals surface area (Å²) in [6.07, 6.45) is 0.521. The number of nitrogens with one attached hydrogen (secondary N) is 1. The van der Waals surface area contributed by atoms with E-state index in [2.05, 4.69) is 15.3 Å². The first-order valence-corrected chi connectivity index (χ1v) is 5.89. The highest BCUT2D eigenvalue weighted by atomic mass is 32.1. The molecule has 1 aliphatic rings. The lowest BCUT2D eigenvalue weighted by Gasteiger charge is -2.13. The van der Waals surface area contributed by atoms with Crippen LogP contribution in [-0.2, 0) is 4.74 Å². The lowest BCUT2D eigenvalue weighted by atomic mass is 10.2. The molecule has 1 N–H and O–H groups in total. The van der Waals surface area contributed by atoms with Gasteiger partial charge < -0.3 is 10.1 Å². The maximum atomic E-state index is 13.4. The Morgan fingerprint density at radius 2 is 2.38 bits per heavy atom. The zero-order valence-corrected chi connectivity index (χ0v) is 9.21. The number of hydrogen-bond acceptors (Lipinski definition) is 5. The lowest BCUT2D eigenvalue weighted by molar-refractivity contribution is 0.173. The summed E-state index contributed by atoms with van der Waals surface area (Å²) >= 11 is 1.54. The number of fused-ring (bicyclic) bond motifs is 1. The normalized spacial score (nSPS) is 25.1. The highest BCUT2D eigenvalue weighted by Gasteiger charge is 2.28. The van der Waals surface area contributed by atoms with Gasteiger partial charge in [0, 0.05) is 0 Å². The molecule has 2 aromatic heterocycles. The SMILES string of the molecule is F[C@@H]1COC[C@H]1Nc1ncnc2sccc12. The summed E-state index contributed by atoms with van der Waals surface area (Å²) in [6.45, 7) is 0.548. The molecule has 6 heteroatoms. The fraction of sp³-hybridized carbons (Fsp3) is 0.400. The Labute approximate surface area is 95.5 Å². The van der Waals surface area contributed by atoms with E-state index in [4.69, 9.17) is 4.74 Å². The van der Waals surface area contributed by atoms with Gasteiger partial charge in [-0.15, -0.1) is 11.3 Å². The topological polar surface area (TPSA) is 47.0 Å². The molecule has 1 saturated heterocycles. The van der Waals surface area contributed by atoms with Crippen LogP contribution in [0.3, 0.4) is 0 Å². The molecule has 2 atom stereocenters. The molecule has 16 heavy (non-hydrogen) atoms. The number of anilines is 1. The Morgan fingerprint density at radius 3 is 3.19 bits per heavy atom. The maximum absolute atomic E-state index is 13.4. The smallest absolute Gasteiger partial charge is 0.146 e. The van der Waals surface area contributed by atoms with Crippen molar-refractivity contribution < 1.29 is 9.13 Å². The summed E-state index contributed by atoms with van der Waals surface area (Å²) in [5.41, 5.74) is 0. The third-order valence-electron chi connectivity index (χ3n) is 2.59. The number of alkyl halides is 1. The van der Waals surface area contributed by atoms with Gasteiger partial charge in [0.1, 0.15) is 23.1 Å². The Hall–Kier alpha value is -1.27. The average molecular weight is 239 g/mol. The number of hydrogen-bond donors (Lipinski definition) is 1. The number of rotatable bonds is 2. The summed E-state index contributed by atoms with van der Waals surface area (Å²) in [6, 6.07) is 1.63. The molecular formula is C10H10FN3OS. The van der Waals surface area contributed by atoms with E-state index in [0.717, 1.165) is 10.2 Å². The number of ether oxygens (including phenoxy) is 1. The van der Waals surface area contributed by atoms with Crippen molar-refractivity contribution in [2.75, 3.05) is 18.5 Å². The quantitative estimate of drug-likeness (QED) is 0.868. The van der Waals surface area contributed by atoms with Crippen LogP contribution in [0.5, 0.6) is 0 Å². The molecule has 1 aliphatic heterocycles. The molecule has 1 fully saturated rings. The maximum Gasteiger partial charge on any atom is 0.146 e. The van der Waals surface area contributed by atoms with Crippen LogP contribution >= 0.6 is 11.3 Å². The van der Waals surface area contributed by atoms with Crippen LogP contribution in [0.15, 0.2) is 17.8 Å². The van der Waals surface area contributed by atoms with Gasteiger partial charge in [-0.3, -0.25) is 0 Å². The molecule has 2 aromatic rings. The monoisotopic (exact) mass is 239 g/mol. The molecule has 0 aliphatic carbocycles. The minimum Gasteiger partial charge on any atom is -0.376 e. The summed E-state index contributed by atoms with van der Waals surface area (Å²) in [7, 11) is 0. The summed E-state index contributed by atoms with van der Waals surface area (Å²) < 4.78 is 18.4. The van der Waals surface area contributed by atoms with Crippen LogP contribution in [0.2, 0.25) is 0 Å². The Kier molecular flexibility index (Phi) is 2.45. The molecule has 4 nitrogen and oxygen atoms in total. The van der Waals surface area contributed by atoms with Gasteiger partial charge in [-0.05, 0) is 11.4 Å². The van der Waals surface area contributed by atoms with E-state index in [0.29, 0.717) is 12.4 Å². The summed E-state index contributed by atoms with van der Waals surface area (Å²) in [5, 5.41) is 5.96. The van der Waals surface area contributed by atoms with Gasteiger partial charge in [-0.2, -0.15) is 0 Å².